The molecule has 1 saturated carbocycles. The highest BCUT2D eigenvalue weighted by Gasteiger charge is 2.40. The number of nitrogens with zero attached hydrogens (tertiary/aromatic N) is 2. The number of amides is 1. The van der Waals surface area contributed by atoms with E-state index in [4.69, 9.17) is 4.74 Å². The largest absolute Gasteiger partial charge is 0.490 e. The van der Waals surface area contributed by atoms with Crippen molar-refractivity contribution in [3.05, 3.63) is 29.3 Å². The number of carbonyl (C=O) groups is 2. The van der Waals surface area contributed by atoms with Crippen LogP contribution in [0.4, 0.5) is 18.0 Å². The number of rotatable bonds is 6. The molecule has 0 radical (unpaired) electrons. The van der Waals surface area contributed by atoms with Gasteiger partial charge in [-0.3, -0.25) is 9.69 Å². The smallest absolute Gasteiger partial charge is 0.425 e. The normalized spacial score (nSPS) is 23.1. The van der Waals surface area contributed by atoms with E-state index in [2.05, 4.69) is 9.64 Å². The van der Waals surface area contributed by atoms with Crippen LogP contribution >= 0.6 is 0 Å². The molecular formula is C22H29F3N2O5. The van der Waals surface area contributed by atoms with Crippen molar-refractivity contribution in [3.63, 3.8) is 0 Å². The van der Waals surface area contributed by atoms with Crippen LogP contribution in [-0.2, 0) is 16.1 Å². The summed E-state index contributed by atoms with van der Waals surface area (Å²) in [5, 5.41) is 9.21. The lowest BCUT2D eigenvalue weighted by atomic mass is 10.1. The van der Waals surface area contributed by atoms with Crippen LogP contribution in [0, 0.1) is 12.8 Å². The first-order valence-electron chi connectivity index (χ1n) is 10.8. The van der Waals surface area contributed by atoms with Gasteiger partial charge in [0.15, 0.2) is 6.10 Å². The average molecular weight is 458 g/mol. The minimum atomic E-state index is -4.58. The monoisotopic (exact) mass is 458 g/mol. The van der Waals surface area contributed by atoms with Gasteiger partial charge in [-0.05, 0) is 44.7 Å². The van der Waals surface area contributed by atoms with Crippen LogP contribution in [0.3, 0.4) is 0 Å². The van der Waals surface area contributed by atoms with E-state index in [1.807, 2.05) is 25.1 Å². The number of carboxylic acids is 1. The molecule has 3 rings (SSSR count). The lowest BCUT2D eigenvalue weighted by molar-refractivity contribution is -0.200. The maximum atomic E-state index is 12.6. The summed E-state index contributed by atoms with van der Waals surface area (Å²) < 4.78 is 48.5. The second-order valence-corrected chi connectivity index (χ2v) is 8.53. The Kier molecular flexibility index (Phi) is 7.53. The number of piperazine rings is 1. The molecule has 1 amide bonds. The number of carbonyl (C=O) groups excluding carboxylic acids is 1. The lowest BCUT2D eigenvalue weighted by Crippen LogP contribution is -2.49. The first-order valence-corrected chi connectivity index (χ1v) is 10.8. The second-order valence-electron chi connectivity index (χ2n) is 8.53. The Hall–Kier alpha value is -2.49. The predicted molar refractivity (Wildman–Crippen MR) is 109 cm³/mol. The number of ether oxygens (including phenoxy) is 2. The van der Waals surface area contributed by atoms with E-state index in [0.717, 1.165) is 23.8 Å². The topological polar surface area (TPSA) is 79.3 Å². The maximum Gasteiger partial charge on any atom is 0.425 e. The van der Waals surface area contributed by atoms with Gasteiger partial charge >= 0.3 is 18.2 Å². The van der Waals surface area contributed by atoms with Gasteiger partial charge in [0.2, 0.25) is 0 Å². The maximum absolute atomic E-state index is 12.6. The van der Waals surface area contributed by atoms with Gasteiger partial charge in [-0.15, -0.1) is 0 Å². The fraction of sp³-hybridized carbons (Fsp3) is 0.636. The third-order valence-corrected chi connectivity index (χ3v) is 6.01. The Morgan fingerprint density at radius 3 is 2.47 bits per heavy atom. The number of halogens is 3. The Labute approximate surface area is 185 Å². The van der Waals surface area contributed by atoms with Crippen LogP contribution < -0.4 is 4.74 Å². The molecule has 1 aromatic carbocycles. The van der Waals surface area contributed by atoms with E-state index in [-0.39, 0.29) is 25.1 Å². The van der Waals surface area contributed by atoms with Crippen LogP contribution in [0.5, 0.6) is 5.75 Å². The minimum Gasteiger partial charge on any atom is -0.490 e. The highest BCUT2D eigenvalue weighted by molar-refractivity contribution is 5.70. The number of aliphatic carboxylic acids is 1. The average Bonchev–Trinajstić information content (AvgIpc) is 3.18. The number of benzene rings is 1. The molecule has 0 aromatic heterocycles. The third kappa shape index (κ3) is 6.27. The molecule has 7 nitrogen and oxygen atoms in total. The molecule has 1 aromatic rings. The van der Waals surface area contributed by atoms with E-state index in [9.17, 15) is 27.9 Å². The molecule has 1 aliphatic carbocycles. The molecule has 0 bridgehead atoms. The van der Waals surface area contributed by atoms with Crippen molar-refractivity contribution in [1.82, 2.24) is 9.80 Å². The van der Waals surface area contributed by atoms with E-state index in [0.29, 0.717) is 38.9 Å². The highest BCUT2D eigenvalue weighted by Crippen LogP contribution is 2.32. The summed E-state index contributed by atoms with van der Waals surface area (Å²) in [4.78, 5) is 26.6. The van der Waals surface area contributed by atoms with Gasteiger partial charge in [0.05, 0.1) is 12.0 Å². The Morgan fingerprint density at radius 2 is 1.88 bits per heavy atom. The summed E-state index contributed by atoms with van der Waals surface area (Å²) in [6, 6.07) is 5.89. The molecule has 1 heterocycles. The molecule has 32 heavy (non-hydrogen) atoms. The van der Waals surface area contributed by atoms with Crippen LogP contribution in [0.2, 0.25) is 0 Å². The third-order valence-electron chi connectivity index (χ3n) is 6.01. The first kappa shape index (κ1) is 24.2. The van der Waals surface area contributed by atoms with Crippen molar-refractivity contribution in [2.75, 3.05) is 26.2 Å². The number of aryl methyl sites for hydroxylation is 1. The van der Waals surface area contributed by atoms with Gasteiger partial charge in [0.1, 0.15) is 5.75 Å². The highest BCUT2D eigenvalue weighted by atomic mass is 19.4. The van der Waals surface area contributed by atoms with Gasteiger partial charge in [0.25, 0.3) is 0 Å². The Morgan fingerprint density at radius 1 is 1.19 bits per heavy atom. The fourth-order valence-corrected chi connectivity index (χ4v) is 3.98. The zero-order valence-electron chi connectivity index (χ0n) is 18.2. The Balaban J connectivity index is 1.55. The molecule has 1 N–H and O–H groups in total. The van der Waals surface area contributed by atoms with Gasteiger partial charge in [0, 0.05) is 38.3 Å². The molecule has 178 valence electrons. The molecule has 1 aliphatic heterocycles. The molecule has 0 spiro atoms. The van der Waals surface area contributed by atoms with Crippen molar-refractivity contribution in [2.45, 2.75) is 58.0 Å². The van der Waals surface area contributed by atoms with E-state index < -0.39 is 24.3 Å². The summed E-state index contributed by atoms with van der Waals surface area (Å²) in [7, 11) is 0. The number of hydrogen-bond acceptors (Lipinski definition) is 5. The first-order chi connectivity index (χ1) is 15.0. The molecule has 10 heteroatoms. The van der Waals surface area contributed by atoms with Crippen LogP contribution in [-0.4, -0.2) is 71.5 Å². The van der Waals surface area contributed by atoms with Crippen LogP contribution in [0.15, 0.2) is 18.2 Å². The van der Waals surface area contributed by atoms with Crippen molar-refractivity contribution in [2.24, 2.45) is 5.92 Å². The zero-order chi connectivity index (χ0) is 23.5. The van der Waals surface area contributed by atoms with E-state index in [1.165, 1.54) is 4.90 Å². The number of carboxylic acid groups (broad SMARTS) is 1. The van der Waals surface area contributed by atoms with Crippen LogP contribution in [0.1, 0.15) is 37.3 Å². The Bertz CT molecular complexity index is 824. The molecule has 1 saturated heterocycles. The lowest BCUT2D eigenvalue weighted by Gasteiger charge is -2.35. The summed E-state index contributed by atoms with van der Waals surface area (Å²) in [6.07, 6.45) is -6.03. The quantitative estimate of drug-likeness (QED) is 0.698. The molecule has 2 aliphatic rings. The van der Waals surface area contributed by atoms with E-state index >= 15 is 0 Å². The molecule has 1 unspecified atom stereocenters. The standard InChI is InChI=1S/C22H29F3N2O5/c1-14-3-4-17(19(11-14)32-18-6-5-16(12-18)20(28)29)13-26-7-9-27(10-8-26)21(30)31-15(2)22(23,24)25/h3-4,11,15-16,18H,5-10,12-13H2,1-2H3,(H,28,29)/t15?,16-,18+/m0/s1. The number of alkyl halides is 3. The van der Waals surface area contributed by atoms with Crippen LogP contribution in [0.25, 0.3) is 0 Å². The molecule has 3 atom stereocenters. The fourth-order valence-electron chi connectivity index (χ4n) is 3.98. The summed E-state index contributed by atoms with van der Waals surface area (Å²) >= 11 is 0. The van der Waals surface area contributed by atoms with E-state index in [1.54, 1.807) is 0 Å². The minimum absolute atomic E-state index is 0.140. The SMILES string of the molecule is Cc1ccc(CN2CCN(C(=O)OC(C)C(F)(F)F)CC2)c(O[C@@H]2CC[C@H](C(=O)O)C2)c1. The van der Waals surface area contributed by atoms with Crippen molar-refractivity contribution in [3.8, 4) is 5.75 Å². The molecule has 2 fully saturated rings. The predicted octanol–water partition coefficient (Wildman–Crippen LogP) is 3.83. The van der Waals surface area contributed by atoms with Gasteiger partial charge in [-0.25, -0.2) is 4.79 Å². The zero-order valence-corrected chi connectivity index (χ0v) is 18.2. The van der Waals surface area contributed by atoms with Crippen molar-refractivity contribution < 1.29 is 37.3 Å². The van der Waals surface area contributed by atoms with Crippen molar-refractivity contribution in [1.29, 1.82) is 0 Å². The van der Waals surface area contributed by atoms with Gasteiger partial charge in [-0.2, -0.15) is 13.2 Å². The summed E-state index contributed by atoms with van der Waals surface area (Å²) in [5.74, 6) is -0.440. The summed E-state index contributed by atoms with van der Waals surface area (Å²) in [6.45, 7) is 4.86. The summed E-state index contributed by atoms with van der Waals surface area (Å²) in [5.41, 5.74) is 1.99. The second kappa shape index (κ2) is 9.97. The number of hydrogen-bond donors (Lipinski definition) is 1. The van der Waals surface area contributed by atoms with Crippen molar-refractivity contribution >= 4 is 12.1 Å². The van der Waals surface area contributed by atoms with Gasteiger partial charge < -0.3 is 19.5 Å². The van der Waals surface area contributed by atoms with Gasteiger partial charge in [-0.1, -0.05) is 12.1 Å². The molecular weight excluding hydrogens is 429 g/mol.